The van der Waals surface area contributed by atoms with E-state index in [2.05, 4.69) is 0 Å². The van der Waals surface area contributed by atoms with E-state index >= 15 is 0 Å². The van der Waals surface area contributed by atoms with Gasteiger partial charge in [-0.05, 0) is 12.1 Å². The summed E-state index contributed by atoms with van der Waals surface area (Å²) >= 11 is 0. The molecule has 1 aromatic heterocycles. The standard InChI is InChI=1S/C12H11NO4/c1-13-8-6-4-3-5-7(8)10(14)11(17-2)9(13)12(15)16/h3-6H,1-2H3,(H,15,16). The van der Waals surface area contributed by atoms with Gasteiger partial charge in [0.05, 0.1) is 12.6 Å². The number of ether oxygens (including phenoxy) is 1. The van der Waals surface area contributed by atoms with E-state index in [-0.39, 0.29) is 11.4 Å². The van der Waals surface area contributed by atoms with E-state index in [0.717, 1.165) is 0 Å². The number of aromatic nitrogens is 1. The van der Waals surface area contributed by atoms with Crippen LogP contribution in [0.15, 0.2) is 29.1 Å². The fourth-order valence-corrected chi connectivity index (χ4v) is 1.89. The van der Waals surface area contributed by atoms with Crippen molar-refractivity contribution in [2.75, 3.05) is 7.11 Å². The normalized spacial score (nSPS) is 10.5. The van der Waals surface area contributed by atoms with Gasteiger partial charge in [-0.3, -0.25) is 4.79 Å². The van der Waals surface area contributed by atoms with Crippen LogP contribution in [0.25, 0.3) is 10.9 Å². The number of carbonyl (C=O) groups is 1. The summed E-state index contributed by atoms with van der Waals surface area (Å²) in [6.45, 7) is 0. The van der Waals surface area contributed by atoms with Gasteiger partial charge in [-0.2, -0.15) is 0 Å². The van der Waals surface area contributed by atoms with Crippen LogP contribution in [0.4, 0.5) is 0 Å². The summed E-state index contributed by atoms with van der Waals surface area (Å²) in [5, 5.41) is 9.56. The summed E-state index contributed by atoms with van der Waals surface area (Å²) in [7, 11) is 2.88. The zero-order valence-electron chi connectivity index (χ0n) is 9.43. The lowest BCUT2D eigenvalue weighted by Gasteiger charge is -2.12. The quantitative estimate of drug-likeness (QED) is 0.847. The number of pyridine rings is 1. The number of carboxylic acids is 1. The van der Waals surface area contributed by atoms with E-state index in [1.54, 1.807) is 31.3 Å². The van der Waals surface area contributed by atoms with Gasteiger partial charge in [0, 0.05) is 12.4 Å². The van der Waals surface area contributed by atoms with Crippen molar-refractivity contribution in [3.63, 3.8) is 0 Å². The number of rotatable bonds is 2. The minimum Gasteiger partial charge on any atom is -0.491 e. The van der Waals surface area contributed by atoms with Crippen LogP contribution in [0.1, 0.15) is 10.5 Å². The molecule has 2 rings (SSSR count). The molecule has 0 radical (unpaired) electrons. The van der Waals surface area contributed by atoms with E-state index in [1.807, 2.05) is 0 Å². The van der Waals surface area contributed by atoms with Crippen LogP contribution in [0.2, 0.25) is 0 Å². The average Bonchev–Trinajstić information content (AvgIpc) is 2.33. The number of methoxy groups -OCH3 is 1. The van der Waals surface area contributed by atoms with Gasteiger partial charge in [0.1, 0.15) is 0 Å². The van der Waals surface area contributed by atoms with Crippen LogP contribution < -0.4 is 10.2 Å². The highest BCUT2D eigenvalue weighted by Gasteiger charge is 2.20. The molecule has 0 saturated heterocycles. The van der Waals surface area contributed by atoms with Gasteiger partial charge in [-0.15, -0.1) is 0 Å². The summed E-state index contributed by atoms with van der Waals surface area (Å²) in [4.78, 5) is 23.2. The molecule has 5 heteroatoms. The third-order valence-corrected chi connectivity index (χ3v) is 2.67. The molecule has 0 aliphatic rings. The second-order valence-electron chi connectivity index (χ2n) is 3.59. The molecule has 0 unspecified atom stereocenters. The molecule has 17 heavy (non-hydrogen) atoms. The number of para-hydroxylation sites is 1. The molecule has 1 N–H and O–H groups in total. The Morgan fingerprint density at radius 2 is 2.00 bits per heavy atom. The Hall–Kier alpha value is -2.30. The Morgan fingerprint density at radius 1 is 1.35 bits per heavy atom. The molecule has 0 aliphatic carbocycles. The monoisotopic (exact) mass is 233 g/mol. The van der Waals surface area contributed by atoms with E-state index in [9.17, 15) is 9.59 Å². The summed E-state index contributed by atoms with van der Waals surface area (Å²) in [5.74, 6) is -1.33. The lowest BCUT2D eigenvalue weighted by Crippen LogP contribution is -2.19. The number of aryl methyl sites for hydroxylation is 1. The summed E-state index contributed by atoms with van der Waals surface area (Å²) in [6.07, 6.45) is 0. The Balaban J connectivity index is 3.05. The van der Waals surface area contributed by atoms with Crippen molar-refractivity contribution in [2.45, 2.75) is 0 Å². The van der Waals surface area contributed by atoms with Crippen molar-refractivity contribution in [3.05, 3.63) is 40.2 Å². The highest BCUT2D eigenvalue weighted by molar-refractivity contribution is 5.93. The lowest BCUT2D eigenvalue weighted by molar-refractivity contribution is 0.0682. The van der Waals surface area contributed by atoms with Crippen molar-refractivity contribution in [2.24, 2.45) is 7.05 Å². The van der Waals surface area contributed by atoms with E-state index < -0.39 is 11.4 Å². The van der Waals surface area contributed by atoms with Crippen LogP contribution in [0.3, 0.4) is 0 Å². The second kappa shape index (κ2) is 3.93. The molecular weight excluding hydrogens is 222 g/mol. The van der Waals surface area contributed by atoms with Crippen LogP contribution in [0, 0.1) is 0 Å². The van der Waals surface area contributed by atoms with Gasteiger partial charge < -0.3 is 14.4 Å². The van der Waals surface area contributed by atoms with Gasteiger partial charge in [0.15, 0.2) is 11.4 Å². The summed E-state index contributed by atoms with van der Waals surface area (Å²) < 4.78 is 6.35. The molecule has 0 amide bonds. The molecule has 0 fully saturated rings. The molecular formula is C12H11NO4. The predicted molar refractivity (Wildman–Crippen MR) is 62.7 cm³/mol. The maximum Gasteiger partial charge on any atom is 0.356 e. The van der Waals surface area contributed by atoms with Crippen LogP contribution >= 0.6 is 0 Å². The van der Waals surface area contributed by atoms with E-state index in [1.165, 1.54) is 11.7 Å². The van der Waals surface area contributed by atoms with Gasteiger partial charge in [-0.25, -0.2) is 4.79 Å². The molecule has 1 heterocycles. The van der Waals surface area contributed by atoms with Crippen molar-refractivity contribution in [1.29, 1.82) is 0 Å². The number of hydrogen-bond donors (Lipinski definition) is 1. The zero-order valence-corrected chi connectivity index (χ0v) is 9.43. The lowest BCUT2D eigenvalue weighted by atomic mass is 10.1. The SMILES string of the molecule is COc1c(C(=O)O)n(C)c2ccccc2c1=O. The van der Waals surface area contributed by atoms with Crippen LogP contribution in [-0.2, 0) is 7.05 Å². The number of aromatic carboxylic acids is 1. The summed E-state index contributed by atoms with van der Waals surface area (Å²) in [5.41, 5.74) is 0.0190. The maximum atomic E-state index is 12.0. The van der Waals surface area contributed by atoms with Gasteiger partial charge in [0.2, 0.25) is 5.43 Å². The smallest absolute Gasteiger partial charge is 0.356 e. The molecule has 5 nitrogen and oxygen atoms in total. The number of fused-ring (bicyclic) bond motifs is 1. The molecule has 88 valence electrons. The summed E-state index contributed by atoms with van der Waals surface area (Å²) in [6, 6.07) is 6.82. The van der Waals surface area contributed by atoms with Crippen LogP contribution in [-0.4, -0.2) is 22.8 Å². The van der Waals surface area contributed by atoms with Gasteiger partial charge in [-0.1, -0.05) is 12.1 Å². The fourth-order valence-electron chi connectivity index (χ4n) is 1.89. The third kappa shape index (κ3) is 1.56. The largest absolute Gasteiger partial charge is 0.491 e. The van der Waals surface area contributed by atoms with E-state index in [0.29, 0.717) is 10.9 Å². The number of nitrogens with zero attached hydrogens (tertiary/aromatic N) is 1. The maximum absolute atomic E-state index is 12.0. The number of carboxylic acid groups (broad SMARTS) is 1. The molecule has 1 aromatic carbocycles. The topological polar surface area (TPSA) is 68.5 Å². The highest BCUT2D eigenvalue weighted by Crippen LogP contribution is 2.19. The number of benzene rings is 1. The Kier molecular flexibility index (Phi) is 2.59. The van der Waals surface area contributed by atoms with Crippen molar-refractivity contribution < 1.29 is 14.6 Å². The zero-order chi connectivity index (χ0) is 12.6. The molecule has 2 aromatic rings. The highest BCUT2D eigenvalue weighted by atomic mass is 16.5. The van der Waals surface area contributed by atoms with Crippen LogP contribution in [0.5, 0.6) is 5.75 Å². The van der Waals surface area contributed by atoms with Gasteiger partial charge >= 0.3 is 5.97 Å². The Bertz CT molecular complexity index is 657. The predicted octanol–water partition coefficient (Wildman–Crippen LogP) is 1.25. The average molecular weight is 233 g/mol. The van der Waals surface area contributed by atoms with Crippen molar-refractivity contribution in [1.82, 2.24) is 4.57 Å². The second-order valence-corrected chi connectivity index (χ2v) is 3.59. The Morgan fingerprint density at radius 3 is 2.59 bits per heavy atom. The fraction of sp³-hybridized carbons (Fsp3) is 0.167. The first-order valence-corrected chi connectivity index (χ1v) is 4.97. The van der Waals surface area contributed by atoms with E-state index in [4.69, 9.17) is 9.84 Å². The van der Waals surface area contributed by atoms with Crippen molar-refractivity contribution in [3.8, 4) is 5.75 Å². The number of hydrogen-bond acceptors (Lipinski definition) is 3. The molecule has 0 bridgehead atoms. The first-order chi connectivity index (χ1) is 8.07. The molecule has 0 saturated carbocycles. The minimum absolute atomic E-state index is 0.140. The minimum atomic E-state index is -1.19. The molecule has 0 atom stereocenters. The first kappa shape index (κ1) is 11.2. The molecule has 0 spiro atoms. The van der Waals surface area contributed by atoms with Crippen molar-refractivity contribution >= 4 is 16.9 Å². The first-order valence-electron chi connectivity index (χ1n) is 4.97. The molecule has 0 aliphatic heterocycles. The third-order valence-electron chi connectivity index (χ3n) is 2.67. The Labute approximate surface area is 96.9 Å². The van der Waals surface area contributed by atoms with Gasteiger partial charge in [0.25, 0.3) is 0 Å².